The van der Waals surface area contributed by atoms with Gasteiger partial charge >= 0.3 is 6.09 Å². The van der Waals surface area contributed by atoms with Crippen molar-refractivity contribution >= 4 is 17.7 Å². The molecule has 4 N–H and O–H groups in total. The minimum Gasteiger partial charge on any atom is -0.443 e. The van der Waals surface area contributed by atoms with Gasteiger partial charge in [-0.05, 0) is 51.5 Å². The van der Waals surface area contributed by atoms with E-state index in [1.807, 2.05) is 0 Å². The second kappa shape index (κ2) is 5.60. The smallest absolute Gasteiger partial charge is 0.426 e. The first-order valence-electron chi connectivity index (χ1n) is 5.84. The Hall–Kier alpha value is -2.24. The highest BCUT2D eigenvalue weighted by Gasteiger charge is 2.16. The molecule has 0 heterocycles. The first kappa shape index (κ1) is 14.8. The Morgan fingerprint density at radius 3 is 2.37 bits per heavy atom. The molecule has 6 heteroatoms. The van der Waals surface area contributed by atoms with Crippen molar-refractivity contribution in [3.05, 3.63) is 29.3 Å². The van der Waals surface area contributed by atoms with Crippen molar-refractivity contribution in [2.75, 3.05) is 5.73 Å². The molecule has 6 nitrogen and oxygen atoms in total. The number of carbonyl (C=O) groups is 2. The van der Waals surface area contributed by atoms with Crippen LogP contribution < -0.4 is 16.6 Å². The molecular formula is C13H19N3O3. The van der Waals surface area contributed by atoms with Gasteiger partial charge in [0.15, 0.2) is 0 Å². The Morgan fingerprint density at radius 2 is 1.84 bits per heavy atom. The van der Waals surface area contributed by atoms with Crippen LogP contribution in [0.1, 0.15) is 36.7 Å². The van der Waals surface area contributed by atoms with E-state index >= 15 is 0 Å². The number of benzene rings is 1. The van der Waals surface area contributed by atoms with E-state index in [0.29, 0.717) is 11.3 Å². The van der Waals surface area contributed by atoms with Crippen LogP contribution in [0.2, 0.25) is 0 Å². The third-order valence-corrected chi connectivity index (χ3v) is 2.21. The van der Waals surface area contributed by atoms with Crippen molar-refractivity contribution in [2.24, 2.45) is 0 Å². The minimum absolute atomic E-state index is 0.405. The number of carbonyl (C=O) groups excluding carboxylic acids is 2. The summed E-state index contributed by atoms with van der Waals surface area (Å²) in [7, 11) is 0. The highest BCUT2D eigenvalue weighted by molar-refractivity contribution is 5.95. The molecule has 0 radical (unpaired) electrons. The second-order valence-electron chi connectivity index (χ2n) is 5.15. The van der Waals surface area contributed by atoms with Crippen molar-refractivity contribution in [1.29, 1.82) is 0 Å². The van der Waals surface area contributed by atoms with Crippen LogP contribution in [0.4, 0.5) is 10.5 Å². The zero-order valence-electron chi connectivity index (χ0n) is 11.5. The molecule has 0 fully saturated rings. The van der Waals surface area contributed by atoms with Gasteiger partial charge in [-0.15, -0.1) is 0 Å². The molecular weight excluding hydrogens is 246 g/mol. The number of nitrogens with two attached hydrogens (primary N) is 1. The molecule has 0 spiro atoms. The van der Waals surface area contributed by atoms with Crippen LogP contribution in [0.25, 0.3) is 0 Å². The van der Waals surface area contributed by atoms with Gasteiger partial charge in [-0.1, -0.05) is 0 Å². The largest absolute Gasteiger partial charge is 0.443 e. The van der Waals surface area contributed by atoms with Gasteiger partial charge in [-0.2, -0.15) is 0 Å². The molecule has 2 amide bonds. The highest BCUT2D eigenvalue weighted by atomic mass is 16.6. The van der Waals surface area contributed by atoms with Gasteiger partial charge in [-0.25, -0.2) is 10.2 Å². The minimum atomic E-state index is -0.715. The fourth-order valence-corrected chi connectivity index (χ4v) is 1.30. The number of hydrazine groups is 1. The maximum atomic E-state index is 11.8. The Morgan fingerprint density at radius 1 is 1.21 bits per heavy atom. The van der Waals surface area contributed by atoms with Crippen LogP contribution in [0.3, 0.4) is 0 Å². The molecule has 0 saturated heterocycles. The topological polar surface area (TPSA) is 93.5 Å². The number of nitrogens with one attached hydrogen (secondary N) is 2. The average molecular weight is 265 g/mol. The molecule has 0 aliphatic rings. The SMILES string of the molecule is Cc1cc(C(=O)NNC(=O)OC(C)(C)C)ccc1N. The van der Waals surface area contributed by atoms with E-state index in [4.69, 9.17) is 10.5 Å². The van der Waals surface area contributed by atoms with Gasteiger partial charge in [-0.3, -0.25) is 10.2 Å². The molecule has 19 heavy (non-hydrogen) atoms. The van der Waals surface area contributed by atoms with Gasteiger partial charge in [0, 0.05) is 11.3 Å². The molecule has 0 aliphatic carbocycles. The number of anilines is 1. The Kier molecular flexibility index (Phi) is 4.37. The van der Waals surface area contributed by atoms with Gasteiger partial charge in [0.05, 0.1) is 0 Å². The molecule has 0 atom stereocenters. The Balaban J connectivity index is 2.56. The van der Waals surface area contributed by atoms with Crippen LogP contribution >= 0.6 is 0 Å². The summed E-state index contributed by atoms with van der Waals surface area (Å²) in [5.41, 5.74) is 11.3. The first-order valence-corrected chi connectivity index (χ1v) is 5.84. The van der Waals surface area contributed by atoms with E-state index in [9.17, 15) is 9.59 Å². The Labute approximate surface area is 112 Å². The normalized spacial score (nSPS) is 10.7. The molecule has 1 rings (SSSR count). The van der Waals surface area contributed by atoms with Crippen LogP contribution in [-0.4, -0.2) is 17.6 Å². The first-order chi connectivity index (χ1) is 8.69. The van der Waals surface area contributed by atoms with Gasteiger partial charge in [0.25, 0.3) is 5.91 Å². The third-order valence-electron chi connectivity index (χ3n) is 2.21. The maximum Gasteiger partial charge on any atom is 0.426 e. The lowest BCUT2D eigenvalue weighted by Crippen LogP contribution is -2.44. The number of ether oxygens (including phenoxy) is 1. The summed E-state index contributed by atoms with van der Waals surface area (Å²) in [4.78, 5) is 23.1. The fourth-order valence-electron chi connectivity index (χ4n) is 1.30. The molecule has 1 aromatic carbocycles. The standard InChI is InChI=1S/C13H19N3O3/c1-8-7-9(5-6-10(8)14)11(17)15-16-12(18)19-13(2,3)4/h5-7H,14H2,1-4H3,(H,15,17)(H,16,18). The zero-order valence-corrected chi connectivity index (χ0v) is 11.5. The van der Waals surface area contributed by atoms with E-state index in [2.05, 4.69) is 10.9 Å². The number of aryl methyl sites for hydroxylation is 1. The van der Waals surface area contributed by atoms with Gasteiger partial charge < -0.3 is 10.5 Å². The van der Waals surface area contributed by atoms with Crippen molar-refractivity contribution in [2.45, 2.75) is 33.3 Å². The predicted molar refractivity (Wildman–Crippen MR) is 72.4 cm³/mol. The number of hydrogen-bond donors (Lipinski definition) is 3. The van der Waals surface area contributed by atoms with Crippen molar-refractivity contribution in [3.8, 4) is 0 Å². The van der Waals surface area contributed by atoms with Crippen molar-refractivity contribution in [1.82, 2.24) is 10.9 Å². The summed E-state index contributed by atoms with van der Waals surface area (Å²) in [6.45, 7) is 7.00. The summed E-state index contributed by atoms with van der Waals surface area (Å²) in [5.74, 6) is -0.436. The Bertz CT molecular complexity index is 492. The number of amides is 2. The number of hydrogen-bond acceptors (Lipinski definition) is 4. The molecule has 0 bridgehead atoms. The predicted octanol–water partition coefficient (Wildman–Crippen LogP) is 1.75. The third kappa shape index (κ3) is 4.87. The zero-order chi connectivity index (χ0) is 14.6. The monoisotopic (exact) mass is 265 g/mol. The fraction of sp³-hybridized carbons (Fsp3) is 0.385. The van der Waals surface area contributed by atoms with E-state index < -0.39 is 17.6 Å². The summed E-state index contributed by atoms with van der Waals surface area (Å²) < 4.78 is 4.98. The summed E-state index contributed by atoms with van der Waals surface area (Å²) >= 11 is 0. The van der Waals surface area contributed by atoms with Crippen LogP contribution in [0.15, 0.2) is 18.2 Å². The summed E-state index contributed by atoms with van der Waals surface area (Å²) in [5, 5.41) is 0. The lowest BCUT2D eigenvalue weighted by Gasteiger charge is -2.19. The molecule has 104 valence electrons. The van der Waals surface area contributed by atoms with Crippen molar-refractivity contribution in [3.63, 3.8) is 0 Å². The van der Waals surface area contributed by atoms with E-state index in [1.54, 1.807) is 45.9 Å². The molecule has 0 aliphatic heterocycles. The van der Waals surface area contributed by atoms with Crippen LogP contribution in [0, 0.1) is 6.92 Å². The number of nitrogen functional groups attached to an aromatic ring is 1. The van der Waals surface area contributed by atoms with Crippen LogP contribution in [0.5, 0.6) is 0 Å². The van der Waals surface area contributed by atoms with Gasteiger partial charge in [0.1, 0.15) is 5.60 Å². The molecule has 1 aromatic rings. The van der Waals surface area contributed by atoms with E-state index in [-0.39, 0.29) is 0 Å². The quantitative estimate of drug-likeness (QED) is 0.532. The van der Waals surface area contributed by atoms with Crippen molar-refractivity contribution < 1.29 is 14.3 Å². The molecule has 0 saturated carbocycles. The number of rotatable bonds is 1. The highest BCUT2D eigenvalue weighted by Crippen LogP contribution is 2.12. The lowest BCUT2D eigenvalue weighted by molar-refractivity contribution is 0.0483. The van der Waals surface area contributed by atoms with Crippen LogP contribution in [-0.2, 0) is 4.74 Å². The molecule has 0 unspecified atom stereocenters. The summed E-state index contributed by atoms with van der Waals surface area (Å²) in [6, 6.07) is 4.85. The summed E-state index contributed by atoms with van der Waals surface area (Å²) in [6.07, 6.45) is -0.715. The second-order valence-corrected chi connectivity index (χ2v) is 5.15. The lowest BCUT2D eigenvalue weighted by atomic mass is 10.1. The maximum absolute atomic E-state index is 11.8. The average Bonchev–Trinajstić information content (AvgIpc) is 2.27. The van der Waals surface area contributed by atoms with Gasteiger partial charge in [0.2, 0.25) is 0 Å². The van der Waals surface area contributed by atoms with E-state index in [1.165, 1.54) is 0 Å². The molecule has 0 aromatic heterocycles. The van der Waals surface area contributed by atoms with E-state index in [0.717, 1.165) is 5.56 Å².